The molecule has 1 rings (SSSR count). The maximum atomic E-state index is 12.5. The highest BCUT2D eigenvalue weighted by atomic mass is 19.1. The van der Waals surface area contributed by atoms with E-state index in [9.17, 15) is 9.18 Å². The second-order valence-electron chi connectivity index (χ2n) is 2.79. The van der Waals surface area contributed by atoms with E-state index in [0.717, 1.165) is 0 Å². The second-order valence-corrected chi connectivity index (χ2v) is 2.79. The minimum Gasteiger partial charge on any atom is -0.479 e. The van der Waals surface area contributed by atoms with Gasteiger partial charge in [-0.1, -0.05) is 0 Å². The van der Waals surface area contributed by atoms with Crippen molar-refractivity contribution in [1.29, 1.82) is 0 Å². The zero-order chi connectivity index (χ0) is 8.48. The molecule has 5 heteroatoms. The summed E-state index contributed by atoms with van der Waals surface area (Å²) in [6.07, 6.45) is -0.606. The summed E-state index contributed by atoms with van der Waals surface area (Å²) < 4.78 is 12.5. The summed E-state index contributed by atoms with van der Waals surface area (Å²) >= 11 is 0. The molecule has 4 N–H and O–H groups in total. The van der Waals surface area contributed by atoms with Crippen molar-refractivity contribution >= 4 is 5.97 Å². The topological polar surface area (TPSA) is 75.4 Å². The predicted molar refractivity (Wildman–Crippen MR) is 36.7 cm³/mol. The summed E-state index contributed by atoms with van der Waals surface area (Å²) in [5.74, 6) is -1.12. The smallest absolute Gasteiger partial charge is 0.338 e. The molecule has 0 radical (unpaired) electrons. The van der Waals surface area contributed by atoms with E-state index in [1.165, 1.54) is 0 Å². The second kappa shape index (κ2) is 2.75. The van der Waals surface area contributed by atoms with Gasteiger partial charge in [-0.3, -0.25) is 5.32 Å². The molecular formula is C6H11FN2O2. The highest BCUT2D eigenvalue weighted by Crippen LogP contribution is 2.16. The molecule has 0 saturated carbocycles. The number of rotatable bonds is 1. The summed E-state index contributed by atoms with van der Waals surface area (Å²) in [6.45, 7) is 0.0306. The average molecular weight is 162 g/mol. The van der Waals surface area contributed by atoms with E-state index in [1.807, 2.05) is 0 Å². The van der Waals surface area contributed by atoms with Gasteiger partial charge in [0.05, 0.1) is 0 Å². The zero-order valence-electron chi connectivity index (χ0n) is 6.01. The highest BCUT2D eigenvalue weighted by molar-refractivity contribution is 5.77. The summed E-state index contributed by atoms with van der Waals surface area (Å²) in [7, 11) is 0. The van der Waals surface area contributed by atoms with Gasteiger partial charge in [0.1, 0.15) is 6.17 Å². The third-order valence-electron chi connectivity index (χ3n) is 1.87. The summed E-state index contributed by atoms with van der Waals surface area (Å²) in [6, 6.07) is 0. The molecule has 0 spiro atoms. The van der Waals surface area contributed by atoms with Gasteiger partial charge in [0.25, 0.3) is 0 Å². The first-order valence-corrected chi connectivity index (χ1v) is 3.46. The maximum absolute atomic E-state index is 12.5. The average Bonchev–Trinajstić information content (AvgIpc) is 1.95. The molecule has 0 bridgehead atoms. The van der Waals surface area contributed by atoms with Crippen LogP contribution in [0.1, 0.15) is 12.8 Å². The molecule has 0 aromatic rings. The number of hydrogen-bond acceptors (Lipinski definition) is 3. The molecule has 0 aromatic heterocycles. The van der Waals surface area contributed by atoms with Crippen molar-refractivity contribution in [1.82, 2.24) is 5.32 Å². The van der Waals surface area contributed by atoms with E-state index in [2.05, 4.69) is 5.32 Å². The largest absolute Gasteiger partial charge is 0.479 e. The normalized spacial score (nSPS) is 38.5. The number of nitrogens with two attached hydrogens (primary N) is 1. The van der Waals surface area contributed by atoms with Gasteiger partial charge in [-0.2, -0.15) is 0 Å². The fourth-order valence-electron chi connectivity index (χ4n) is 1.05. The van der Waals surface area contributed by atoms with Crippen LogP contribution in [-0.2, 0) is 4.79 Å². The van der Waals surface area contributed by atoms with E-state index < -0.39 is 17.8 Å². The lowest BCUT2D eigenvalue weighted by Crippen LogP contribution is -2.63. The first-order chi connectivity index (χ1) is 5.04. The van der Waals surface area contributed by atoms with Crippen LogP contribution in [0.4, 0.5) is 4.39 Å². The molecule has 1 heterocycles. The highest BCUT2D eigenvalue weighted by Gasteiger charge is 2.37. The Morgan fingerprint density at radius 3 is 2.82 bits per heavy atom. The third kappa shape index (κ3) is 1.66. The molecule has 1 fully saturated rings. The van der Waals surface area contributed by atoms with Crippen LogP contribution in [0.25, 0.3) is 0 Å². The van der Waals surface area contributed by atoms with Crippen LogP contribution < -0.4 is 11.1 Å². The number of piperidine rings is 1. The van der Waals surface area contributed by atoms with Crippen LogP contribution in [0.2, 0.25) is 0 Å². The molecule has 1 aliphatic heterocycles. The molecule has 1 saturated heterocycles. The predicted octanol–water partition coefficient (Wildman–Crippen LogP) is -0.553. The molecule has 2 atom stereocenters. The van der Waals surface area contributed by atoms with Gasteiger partial charge in [-0.15, -0.1) is 0 Å². The number of alkyl halides is 1. The fourth-order valence-corrected chi connectivity index (χ4v) is 1.05. The number of carboxylic acid groups (broad SMARTS) is 1. The molecule has 0 aliphatic carbocycles. The van der Waals surface area contributed by atoms with Gasteiger partial charge >= 0.3 is 5.97 Å². The summed E-state index contributed by atoms with van der Waals surface area (Å²) in [5, 5.41) is 11.0. The Labute approximate surface area is 63.6 Å². The number of hydrogen-bond donors (Lipinski definition) is 3. The van der Waals surface area contributed by atoms with Gasteiger partial charge < -0.3 is 10.8 Å². The van der Waals surface area contributed by atoms with Crippen molar-refractivity contribution in [3.8, 4) is 0 Å². The number of carboxylic acids is 1. The molecule has 11 heavy (non-hydrogen) atoms. The van der Waals surface area contributed by atoms with Crippen molar-refractivity contribution in [3.63, 3.8) is 0 Å². The third-order valence-corrected chi connectivity index (χ3v) is 1.87. The lowest BCUT2D eigenvalue weighted by molar-refractivity contribution is -0.146. The van der Waals surface area contributed by atoms with Crippen molar-refractivity contribution < 1.29 is 14.3 Å². The first-order valence-electron chi connectivity index (χ1n) is 3.46. The van der Waals surface area contributed by atoms with Crippen molar-refractivity contribution in [2.75, 3.05) is 6.54 Å². The number of aliphatic carboxylic acids is 1. The van der Waals surface area contributed by atoms with Gasteiger partial charge in [-0.05, 0) is 12.8 Å². The van der Waals surface area contributed by atoms with E-state index in [4.69, 9.17) is 10.8 Å². The Hall–Kier alpha value is -0.680. The van der Waals surface area contributed by atoms with E-state index in [-0.39, 0.29) is 19.4 Å². The lowest BCUT2D eigenvalue weighted by Gasteiger charge is -2.31. The Bertz CT molecular complexity index is 166. The van der Waals surface area contributed by atoms with Crippen molar-refractivity contribution in [2.24, 2.45) is 5.73 Å². The maximum Gasteiger partial charge on any atom is 0.338 e. The molecule has 4 nitrogen and oxygen atoms in total. The Morgan fingerprint density at radius 1 is 1.82 bits per heavy atom. The quantitative estimate of drug-likeness (QED) is 0.483. The monoisotopic (exact) mass is 162 g/mol. The number of halogens is 1. The van der Waals surface area contributed by atoms with Gasteiger partial charge in [-0.25, -0.2) is 9.18 Å². The molecule has 1 aliphatic rings. The molecule has 64 valence electrons. The summed E-state index contributed by atoms with van der Waals surface area (Å²) in [5.41, 5.74) is 3.97. The van der Waals surface area contributed by atoms with Crippen molar-refractivity contribution in [2.45, 2.75) is 24.7 Å². The van der Waals surface area contributed by atoms with Crippen LogP contribution in [0.3, 0.4) is 0 Å². The van der Waals surface area contributed by atoms with Crippen LogP contribution in [0.5, 0.6) is 0 Å². The van der Waals surface area contributed by atoms with Crippen LogP contribution >= 0.6 is 0 Å². The molecule has 0 aromatic carbocycles. The SMILES string of the molecule is N[C@]1(C(=O)O)CCC(F)CN1. The van der Waals surface area contributed by atoms with Crippen molar-refractivity contribution in [3.05, 3.63) is 0 Å². The van der Waals surface area contributed by atoms with Crippen LogP contribution in [-0.4, -0.2) is 29.5 Å². The minimum absolute atomic E-state index is 0.0306. The Kier molecular flexibility index (Phi) is 2.10. The Morgan fingerprint density at radius 2 is 2.45 bits per heavy atom. The minimum atomic E-state index is -1.41. The fraction of sp³-hybridized carbons (Fsp3) is 0.833. The standard InChI is InChI=1S/C6H11FN2O2/c7-4-1-2-6(8,5(10)11)9-3-4/h4,9H,1-3,8H2,(H,10,11)/t4?,6-/m1/s1. The van der Waals surface area contributed by atoms with E-state index in [1.54, 1.807) is 0 Å². The van der Waals surface area contributed by atoms with E-state index in [0.29, 0.717) is 0 Å². The van der Waals surface area contributed by atoms with E-state index >= 15 is 0 Å². The van der Waals surface area contributed by atoms with Crippen LogP contribution in [0.15, 0.2) is 0 Å². The van der Waals surface area contributed by atoms with Gasteiger partial charge in [0.2, 0.25) is 0 Å². The summed E-state index contributed by atoms with van der Waals surface area (Å²) in [4.78, 5) is 10.5. The van der Waals surface area contributed by atoms with Gasteiger partial charge in [0, 0.05) is 6.54 Å². The van der Waals surface area contributed by atoms with Gasteiger partial charge in [0.15, 0.2) is 5.66 Å². The molecule has 0 amide bonds. The zero-order valence-corrected chi connectivity index (χ0v) is 6.01. The number of carbonyl (C=O) groups is 1. The molecule has 1 unspecified atom stereocenters. The Balaban J connectivity index is 2.55. The molecular weight excluding hydrogens is 151 g/mol. The van der Waals surface area contributed by atoms with Crippen LogP contribution in [0, 0.1) is 0 Å². The first kappa shape index (κ1) is 8.42. The number of nitrogens with one attached hydrogen (secondary N) is 1. The lowest BCUT2D eigenvalue weighted by atomic mass is 9.98.